The van der Waals surface area contributed by atoms with Gasteiger partial charge in [-0.3, -0.25) is 0 Å². The van der Waals surface area contributed by atoms with Crippen molar-refractivity contribution in [1.29, 1.82) is 0 Å². The minimum atomic E-state index is -0.780. The first-order valence-corrected chi connectivity index (χ1v) is 6.23. The Morgan fingerprint density at radius 2 is 1.80 bits per heavy atom. The van der Waals surface area contributed by atoms with Crippen molar-refractivity contribution in [3.8, 4) is 11.8 Å². The number of nitrogens with zero attached hydrogens (tertiary/aromatic N) is 4. The van der Waals surface area contributed by atoms with Crippen LogP contribution in [0.15, 0.2) is 12.1 Å². The van der Waals surface area contributed by atoms with Gasteiger partial charge in [-0.05, 0) is 33.8 Å². The fourth-order valence-electron chi connectivity index (χ4n) is 1.73. The zero-order valence-electron chi connectivity index (χ0n) is 11.9. The summed E-state index contributed by atoms with van der Waals surface area (Å²) in [6.45, 7) is 7.46. The molecule has 0 unspecified atom stereocenters. The first-order chi connectivity index (χ1) is 9.49. The standard InChI is InChI=1S/C13H16N4O3/c1-5-19-13(18)20-11-7-10(4)16-17(11)12-14-8(2)6-9(3)15-12/h6-7H,5H2,1-4H3. The van der Waals surface area contributed by atoms with Gasteiger partial charge < -0.3 is 9.47 Å². The van der Waals surface area contributed by atoms with Gasteiger partial charge in [-0.25, -0.2) is 14.8 Å². The van der Waals surface area contributed by atoms with E-state index in [1.165, 1.54) is 4.68 Å². The van der Waals surface area contributed by atoms with Gasteiger partial charge in [0.15, 0.2) is 0 Å². The second-order valence-corrected chi connectivity index (χ2v) is 4.27. The van der Waals surface area contributed by atoms with Gasteiger partial charge in [0, 0.05) is 17.5 Å². The molecule has 0 N–H and O–H groups in total. The van der Waals surface area contributed by atoms with Gasteiger partial charge in [0.1, 0.15) is 0 Å². The van der Waals surface area contributed by atoms with E-state index < -0.39 is 6.16 Å². The Hall–Kier alpha value is -2.44. The van der Waals surface area contributed by atoms with E-state index in [4.69, 9.17) is 9.47 Å². The molecule has 106 valence electrons. The second-order valence-electron chi connectivity index (χ2n) is 4.27. The Bertz CT molecular complexity index is 616. The third-order valence-corrected chi connectivity index (χ3v) is 2.41. The van der Waals surface area contributed by atoms with Crippen molar-refractivity contribution >= 4 is 6.16 Å². The third kappa shape index (κ3) is 3.11. The molecule has 0 aliphatic rings. The van der Waals surface area contributed by atoms with Crippen LogP contribution in [0.2, 0.25) is 0 Å². The summed E-state index contributed by atoms with van der Waals surface area (Å²) in [6, 6.07) is 3.48. The molecule has 0 radical (unpaired) electrons. The zero-order valence-corrected chi connectivity index (χ0v) is 11.9. The van der Waals surface area contributed by atoms with Crippen LogP contribution in [0.3, 0.4) is 0 Å². The molecule has 0 atom stereocenters. The van der Waals surface area contributed by atoms with Crippen molar-refractivity contribution in [2.24, 2.45) is 0 Å². The Morgan fingerprint density at radius 3 is 2.40 bits per heavy atom. The highest BCUT2D eigenvalue weighted by Gasteiger charge is 2.16. The lowest BCUT2D eigenvalue weighted by atomic mass is 10.4. The summed E-state index contributed by atoms with van der Waals surface area (Å²) >= 11 is 0. The van der Waals surface area contributed by atoms with Crippen LogP contribution in [-0.2, 0) is 4.74 Å². The van der Waals surface area contributed by atoms with Crippen molar-refractivity contribution < 1.29 is 14.3 Å². The number of carbonyl (C=O) groups is 1. The quantitative estimate of drug-likeness (QED) is 0.799. The average Bonchev–Trinajstić information content (AvgIpc) is 2.69. The second kappa shape index (κ2) is 5.68. The van der Waals surface area contributed by atoms with E-state index >= 15 is 0 Å². The molecule has 0 bridgehead atoms. The van der Waals surface area contributed by atoms with Crippen LogP contribution >= 0.6 is 0 Å². The minimum absolute atomic E-state index is 0.228. The van der Waals surface area contributed by atoms with Crippen LogP contribution in [0.4, 0.5) is 4.79 Å². The lowest BCUT2D eigenvalue weighted by Crippen LogP contribution is -2.14. The van der Waals surface area contributed by atoms with E-state index in [2.05, 4.69) is 15.1 Å². The smallest absolute Gasteiger partial charge is 0.434 e. The summed E-state index contributed by atoms with van der Waals surface area (Å²) in [4.78, 5) is 20.0. The summed E-state index contributed by atoms with van der Waals surface area (Å²) < 4.78 is 11.2. The molecule has 0 amide bonds. The predicted octanol–water partition coefficient (Wildman–Crippen LogP) is 2.12. The first kappa shape index (κ1) is 14.0. The van der Waals surface area contributed by atoms with Crippen molar-refractivity contribution in [3.05, 3.63) is 29.2 Å². The molecule has 0 aliphatic carbocycles. The molecule has 2 rings (SSSR count). The van der Waals surface area contributed by atoms with Crippen LogP contribution in [0.1, 0.15) is 24.0 Å². The molecule has 2 heterocycles. The molecule has 7 heteroatoms. The molecule has 0 saturated carbocycles. The number of rotatable bonds is 3. The molecule has 2 aromatic heterocycles. The van der Waals surface area contributed by atoms with Crippen LogP contribution in [0.25, 0.3) is 5.95 Å². The summed E-state index contributed by atoms with van der Waals surface area (Å²) in [5.74, 6) is 0.584. The van der Waals surface area contributed by atoms with Crippen LogP contribution < -0.4 is 4.74 Å². The molecule has 0 saturated heterocycles. The highest BCUT2D eigenvalue weighted by Crippen LogP contribution is 2.18. The van der Waals surface area contributed by atoms with E-state index in [1.807, 2.05) is 19.9 Å². The monoisotopic (exact) mass is 276 g/mol. The Balaban J connectivity index is 2.38. The maximum Gasteiger partial charge on any atom is 0.515 e. The van der Waals surface area contributed by atoms with Gasteiger partial charge in [-0.1, -0.05) is 0 Å². The summed E-state index contributed by atoms with van der Waals surface area (Å²) in [5, 5.41) is 4.24. The summed E-state index contributed by atoms with van der Waals surface area (Å²) in [6.07, 6.45) is -0.780. The van der Waals surface area contributed by atoms with E-state index in [0.29, 0.717) is 11.6 Å². The topological polar surface area (TPSA) is 79.1 Å². The zero-order chi connectivity index (χ0) is 14.7. The fraction of sp³-hybridized carbons (Fsp3) is 0.385. The molecule has 0 aliphatic heterocycles. The van der Waals surface area contributed by atoms with Gasteiger partial charge in [0.25, 0.3) is 5.95 Å². The highest BCUT2D eigenvalue weighted by molar-refractivity contribution is 5.63. The number of hydrogen-bond donors (Lipinski definition) is 0. The largest absolute Gasteiger partial charge is 0.515 e. The van der Waals surface area contributed by atoms with Crippen LogP contribution in [-0.4, -0.2) is 32.5 Å². The normalized spacial score (nSPS) is 10.4. The molecule has 7 nitrogen and oxygen atoms in total. The van der Waals surface area contributed by atoms with Crippen molar-refractivity contribution in [3.63, 3.8) is 0 Å². The van der Waals surface area contributed by atoms with Gasteiger partial charge in [0.05, 0.1) is 12.3 Å². The SMILES string of the molecule is CCOC(=O)Oc1cc(C)nn1-c1nc(C)cc(C)n1. The van der Waals surface area contributed by atoms with Crippen molar-refractivity contribution in [2.75, 3.05) is 6.61 Å². The molecule has 0 fully saturated rings. The van der Waals surface area contributed by atoms with E-state index in [0.717, 1.165) is 11.4 Å². The predicted molar refractivity (Wildman–Crippen MR) is 71.0 cm³/mol. The summed E-state index contributed by atoms with van der Waals surface area (Å²) in [5.41, 5.74) is 2.30. The Morgan fingerprint density at radius 1 is 1.15 bits per heavy atom. The number of hydrogen-bond acceptors (Lipinski definition) is 6. The lowest BCUT2D eigenvalue weighted by Gasteiger charge is -2.07. The molecule has 0 aromatic carbocycles. The fourth-order valence-corrected chi connectivity index (χ4v) is 1.73. The van der Waals surface area contributed by atoms with E-state index in [1.54, 1.807) is 19.9 Å². The van der Waals surface area contributed by atoms with Crippen molar-refractivity contribution in [2.45, 2.75) is 27.7 Å². The number of aromatic nitrogens is 4. The van der Waals surface area contributed by atoms with E-state index in [9.17, 15) is 4.79 Å². The third-order valence-electron chi connectivity index (χ3n) is 2.41. The van der Waals surface area contributed by atoms with Gasteiger partial charge in [-0.2, -0.15) is 9.78 Å². The Kier molecular flexibility index (Phi) is 3.97. The maximum atomic E-state index is 11.4. The molecule has 20 heavy (non-hydrogen) atoms. The highest BCUT2D eigenvalue weighted by atomic mass is 16.7. The molecular weight excluding hydrogens is 260 g/mol. The van der Waals surface area contributed by atoms with Crippen LogP contribution in [0, 0.1) is 20.8 Å². The Labute approximate surface area is 116 Å². The van der Waals surface area contributed by atoms with Crippen LogP contribution in [0.5, 0.6) is 5.88 Å². The minimum Gasteiger partial charge on any atom is -0.434 e. The number of aryl methyl sites for hydroxylation is 3. The molecule has 2 aromatic rings. The van der Waals surface area contributed by atoms with Gasteiger partial charge in [0.2, 0.25) is 5.88 Å². The number of carbonyl (C=O) groups excluding carboxylic acids is 1. The molecule has 0 spiro atoms. The number of ether oxygens (including phenoxy) is 2. The van der Waals surface area contributed by atoms with Gasteiger partial charge in [-0.15, -0.1) is 0 Å². The van der Waals surface area contributed by atoms with Crippen molar-refractivity contribution in [1.82, 2.24) is 19.7 Å². The van der Waals surface area contributed by atoms with E-state index in [-0.39, 0.29) is 12.5 Å². The molecular formula is C13H16N4O3. The van der Waals surface area contributed by atoms with Gasteiger partial charge >= 0.3 is 6.16 Å². The first-order valence-electron chi connectivity index (χ1n) is 6.23. The summed E-state index contributed by atoms with van der Waals surface area (Å²) in [7, 11) is 0. The lowest BCUT2D eigenvalue weighted by molar-refractivity contribution is 0.101. The average molecular weight is 276 g/mol. The maximum absolute atomic E-state index is 11.4.